The molecule has 1 heterocycles. The summed E-state index contributed by atoms with van der Waals surface area (Å²) in [6.45, 7) is 2.94. The monoisotopic (exact) mass is 298 g/mol. The molecule has 0 bridgehead atoms. The number of benzene rings is 1. The number of nitrogens with zero attached hydrogens (tertiary/aromatic N) is 1. The van der Waals surface area contributed by atoms with Crippen molar-refractivity contribution in [2.45, 2.75) is 32.1 Å². The average molecular weight is 299 g/mol. The fourth-order valence-corrected chi connectivity index (χ4v) is 2.60. The molecule has 0 aromatic heterocycles. The van der Waals surface area contributed by atoms with E-state index in [1.165, 1.54) is 43.9 Å². The van der Waals surface area contributed by atoms with E-state index in [1.807, 2.05) is 0 Å². The first-order chi connectivity index (χ1) is 9.65. The van der Waals surface area contributed by atoms with Gasteiger partial charge in [0.1, 0.15) is 5.82 Å². The number of hydrogen-bond donors (Lipinski definition) is 1. The lowest BCUT2D eigenvalue weighted by molar-refractivity contribution is -0.116. The van der Waals surface area contributed by atoms with Crippen LogP contribution in [0.15, 0.2) is 18.2 Å². The van der Waals surface area contributed by atoms with Crippen LogP contribution in [0.4, 0.5) is 10.1 Å². The number of hydrogen-bond acceptors (Lipinski definition) is 2. The zero-order valence-corrected chi connectivity index (χ0v) is 12.3. The molecule has 1 aromatic carbocycles. The summed E-state index contributed by atoms with van der Waals surface area (Å²) in [5.74, 6) is -0.536. The van der Waals surface area contributed by atoms with E-state index >= 15 is 0 Å². The summed E-state index contributed by atoms with van der Waals surface area (Å²) in [6, 6.07) is 4.21. The summed E-state index contributed by atoms with van der Waals surface area (Å²) in [5, 5.41) is 2.77. The van der Waals surface area contributed by atoms with Gasteiger partial charge in [-0.15, -0.1) is 0 Å². The van der Waals surface area contributed by atoms with Gasteiger partial charge in [-0.25, -0.2) is 4.39 Å². The van der Waals surface area contributed by atoms with Gasteiger partial charge < -0.3 is 10.2 Å². The molecule has 1 amide bonds. The number of carbonyl (C=O) groups is 1. The third-order valence-corrected chi connectivity index (χ3v) is 3.85. The zero-order valence-electron chi connectivity index (χ0n) is 11.5. The Morgan fingerprint density at radius 3 is 2.60 bits per heavy atom. The van der Waals surface area contributed by atoms with Crippen molar-refractivity contribution < 1.29 is 9.18 Å². The topological polar surface area (TPSA) is 32.3 Å². The standard InChI is InChI=1S/C15H20ClFN2O/c16-13-11-12(5-6-14(13)17)18-15(20)7-10-19-8-3-1-2-4-9-19/h5-6,11H,1-4,7-10H2,(H,18,20). The summed E-state index contributed by atoms with van der Waals surface area (Å²) >= 11 is 5.68. The van der Waals surface area contributed by atoms with E-state index in [2.05, 4.69) is 10.2 Å². The Balaban J connectivity index is 1.78. The smallest absolute Gasteiger partial charge is 0.225 e. The second-order valence-corrected chi connectivity index (χ2v) is 5.59. The first-order valence-corrected chi connectivity index (χ1v) is 7.50. The van der Waals surface area contributed by atoms with Crippen LogP contribution in [0.3, 0.4) is 0 Å². The highest BCUT2D eigenvalue weighted by Gasteiger charge is 2.11. The molecule has 0 unspecified atom stereocenters. The SMILES string of the molecule is O=C(CCN1CCCCCC1)Nc1ccc(F)c(Cl)c1. The van der Waals surface area contributed by atoms with Crippen LogP contribution in [0.5, 0.6) is 0 Å². The second-order valence-electron chi connectivity index (χ2n) is 5.18. The summed E-state index contributed by atoms with van der Waals surface area (Å²) in [5.41, 5.74) is 0.539. The van der Waals surface area contributed by atoms with Crippen LogP contribution in [-0.2, 0) is 4.79 Å². The van der Waals surface area contributed by atoms with Gasteiger partial charge in [-0.2, -0.15) is 0 Å². The molecule has 0 radical (unpaired) electrons. The highest BCUT2D eigenvalue weighted by Crippen LogP contribution is 2.19. The number of amides is 1. The number of rotatable bonds is 4. The van der Waals surface area contributed by atoms with E-state index in [0.717, 1.165) is 19.6 Å². The van der Waals surface area contributed by atoms with Crippen molar-refractivity contribution >= 4 is 23.2 Å². The third-order valence-electron chi connectivity index (χ3n) is 3.56. The molecule has 1 saturated heterocycles. The molecule has 20 heavy (non-hydrogen) atoms. The molecular weight excluding hydrogens is 279 g/mol. The van der Waals surface area contributed by atoms with Crippen LogP contribution in [-0.4, -0.2) is 30.4 Å². The van der Waals surface area contributed by atoms with Crippen molar-refractivity contribution in [1.29, 1.82) is 0 Å². The quantitative estimate of drug-likeness (QED) is 0.919. The molecule has 0 spiro atoms. The Morgan fingerprint density at radius 1 is 1.25 bits per heavy atom. The lowest BCUT2D eigenvalue weighted by atomic mass is 10.2. The van der Waals surface area contributed by atoms with Gasteiger partial charge >= 0.3 is 0 Å². The summed E-state index contributed by atoms with van der Waals surface area (Å²) < 4.78 is 13.0. The van der Waals surface area contributed by atoms with Crippen molar-refractivity contribution in [3.8, 4) is 0 Å². The Bertz CT molecular complexity index is 459. The third kappa shape index (κ3) is 4.76. The van der Waals surface area contributed by atoms with E-state index in [9.17, 15) is 9.18 Å². The molecule has 1 N–H and O–H groups in total. The summed E-state index contributed by atoms with van der Waals surface area (Å²) in [6.07, 6.45) is 5.47. The Hall–Kier alpha value is -1.13. The van der Waals surface area contributed by atoms with E-state index in [4.69, 9.17) is 11.6 Å². The van der Waals surface area contributed by atoms with Gasteiger partial charge in [-0.3, -0.25) is 4.79 Å². The van der Waals surface area contributed by atoms with Gasteiger partial charge in [0.05, 0.1) is 5.02 Å². The van der Waals surface area contributed by atoms with E-state index in [0.29, 0.717) is 12.1 Å². The number of carbonyl (C=O) groups excluding carboxylic acids is 1. The predicted octanol–water partition coefficient (Wildman–Crippen LogP) is 3.68. The predicted molar refractivity (Wildman–Crippen MR) is 79.6 cm³/mol. The fraction of sp³-hybridized carbons (Fsp3) is 0.533. The molecule has 0 atom stereocenters. The van der Waals surface area contributed by atoms with Crippen molar-refractivity contribution in [1.82, 2.24) is 4.90 Å². The lowest BCUT2D eigenvalue weighted by Gasteiger charge is -2.19. The highest BCUT2D eigenvalue weighted by atomic mass is 35.5. The fourth-order valence-electron chi connectivity index (χ4n) is 2.42. The van der Waals surface area contributed by atoms with Crippen LogP contribution in [0, 0.1) is 5.82 Å². The van der Waals surface area contributed by atoms with Crippen molar-refractivity contribution in [2.75, 3.05) is 25.0 Å². The van der Waals surface area contributed by atoms with Gasteiger partial charge in [-0.05, 0) is 44.1 Å². The molecule has 0 saturated carbocycles. The molecule has 1 aliphatic rings. The van der Waals surface area contributed by atoms with Crippen LogP contribution < -0.4 is 5.32 Å². The van der Waals surface area contributed by atoms with Crippen LogP contribution in [0.1, 0.15) is 32.1 Å². The lowest BCUT2D eigenvalue weighted by Crippen LogP contribution is -2.28. The van der Waals surface area contributed by atoms with E-state index in [-0.39, 0.29) is 10.9 Å². The average Bonchev–Trinajstić information content (AvgIpc) is 2.69. The van der Waals surface area contributed by atoms with Crippen molar-refractivity contribution in [3.05, 3.63) is 29.0 Å². The first kappa shape index (κ1) is 15.3. The zero-order chi connectivity index (χ0) is 14.4. The Labute approximate surface area is 124 Å². The Kier molecular flexibility index (Phi) is 5.80. The molecule has 1 aromatic rings. The summed E-state index contributed by atoms with van der Waals surface area (Å²) in [4.78, 5) is 14.2. The maximum atomic E-state index is 13.0. The molecule has 110 valence electrons. The number of halogens is 2. The molecule has 1 aliphatic heterocycles. The highest BCUT2D eigenvalue weighted by molar-refractivity contribution is 6.31. The molecule has 3 nitrogen and oxygen atoms in total. The van der Waals surface area contributed by atoms with Gasteiger partial charge in [0.2, 0.25) is 5.91 Å². The van der Waals surface area contributed by atoms with E-state index < -0.39 is 5.82 Å². The van der Waals surface area contributed by atoms with Gasteiger partial charge in [0, 0.05) is 18.7 Å². The second kappa shape index (κ2) is 7.60. The molecule has 1 fully saturated rings. The first-order valence-electron chi connectivity index (χ1n) is 7.12. The van der Waals surface area contributed by atoms with Crippen LogP contribution in [0.25, 0.3) is 0 Å². The normalized spacial score (nSPS) is 16.7. The van der Waals surface area contributed by atoms with Crippen molar-refractivity contribution in [3.63, 3.8) is 0 Å². The maximum absolute atomic E-state index is 13.0. The largest absolute Gasteiger partial charge is 0.326 e. The summed E-state index contributed by atoms with van der Waals surface area (Å²) in [7, 11) is 0. The molecule has 2 rings (SSSR count). The molecule has 5 heteroatoms. The van der Waals surface area contributed by atoms with Gasteiger partial charge in [0.25, 0.3) is 0 Å². The van der Waals surface area contributed by atoms with Crippen molar-refractivity contribution in [2.24, 2.45) is 0 Å². The minimum absolute atomic E-state index is 0.0234. The minimum Gasteiger partial charge on any atom is -0.326 e. The number of likely N-dealkylation sites (tertiary alicyclic amines) is 1. The maximum Gasteiger partial charge on any atom is 0.225 e. The van der Waals surface area contributed by atoms with Crippen LogP contribution in [0.2, 0.25) is 5.02 Å². The van der Waals surface area contributed by atoms with Crippen LogP contribution >= 0.6 is 11.6 Å². The minimum atomic E-state index is -0.478. The molecular formula is C15H20ClFN2O. The molecule has 0 aliphatic carbocycles. The van der Waals surface area contributed by atoms with Gasteiger partial charge in [-0.1, -0.05) is 24.4 Å². The Morgan fingerprint density at radius 2 is 1.95 bits per heavy atom. The number of anilines is 1. The van der Waals surface area contributed by atoms with Gasteiger partial charge in [0.15, 0.2) is 0 Å². The van der Waals surface area contributed by atoms with E-state index in [1.54, 1.807) is 0 Å². The number of nitrogens with one attached hydrogen (secondary N) is 1.